The first kappa shape index (κ1) is 24.4. The van der Waals surface area contributed by atoms with E-state index in [-0.39, 0.29) is 31.1 Å². The number of esters is 1. The maximum Gasteiger partial charge on any atom is 0.306 e. The van der Waals surface area contributed by atoms with Crippen molar-refractivity contribution in [1.29, 1.82) is 0 Å². The van der Waals surface area contributed by atoms with Crippen LogP contribution in [0.2, 0.25) is 0 Å². The van der Waals surface area contributed by atoms with Gasteiger partial charge in [-0.25, -0.2) is 0 Å². The molecule has 0 saturated carbocycles. The SMILES string of the molecule is O=C(CCC(=O)OCC(=O)c1ccccc1)Nc1ccc(Oc2ccccc2-c2ccccc2)cc1. The Kier molecular flexibility index (Phi) is 8.22. The van der Waals surface area contributed by atoms with Crippen LogP contribution in [0.5, 0.6) is 11.5 Å². The van der Waals surface area contributed by atoms with Crippen molar-refractivity contribution >= 4 is 23.3 Å². The lowest BCUT2D eigenvalue weighted by molar-refractivity contribution is -0.143. The first-order chi connectivity index (χ1) is 17.6. The second-order valence-corrected chi connectivity index (χ2v) is 7.99. The van der Waals surface area contributed by atoms with Gasteiger partial charge in [0.1, 0.15) is 11.5 Å². The van der Waals surface area contributed by atoms with Gasteiger partial charge in [0.25, 0.3) is 0 Å². The Bertz CT molecular complexity index is 1320. The molecule has 0 aromatic heterocycles. The zero-order valence-corrected chi connectivity index (χ0v) is 19.6. The molecule has 0 saturated heterocycles. The van der Waals surface area contributed by atoms with Crippen LogP contribution >= 0.6 is 0 Å². The van der Waals surface area contributed by atoms with Crippen molar-refractivity contribution in [3.8, 4) is 22.6 Å². The summed E-state index contributed by atoms with van der Waals surface area (Å²) in [5.41, 5.74) is 3.09. The minimum absolute atomic E-state index is 0.0545. The van der Waals surface area contributed by atoms with E-state index in [4.69, 9.17) is 9.47 Å². The van der Waals surface area contributed by atoms with Crippen molar-refractivity contribution in [3.63, 3.8) is 0 Å². The third-order valence-electron chi connectivity index (χ3n) is 5.35. The van der Waals surface area contributed by atoms with E-state index in [2.05, 4.69) is 5.32 Å². The molecule has 0 aliphatic rings. The Balaban J connectivity index is 1.25. The molecule has 0 heterocycles. The van der Waals surface area contributed by atoms with Crippen LogP contribution in [0.15, 0.2) is 109 Å². The average molecular weight is 480 g/mol. The summed E-state index contributed by atoms with van der Waals surface area (Å²) >= 11 is 0. The third kappa shape index (κ3) is 6.90. The molecule has 4 aromatic carbocycles. The number of nitrogens with one attached hydrogen (secondary N) is 1. The molecule has 0 fully saturated rings. The summed E-state index contributed by atoms with van der Waals surface area (Å²) in [6.45, 7) is -0.348. The van der Waals surface area contributed by atoms with Crippen molar-refractivity contribution in [2.24, 2.45) is 0 Å². The molecule has 0 aliphatic carbocycles. The molecule has 0 aliphatic heterocycles. The number of Topliss-reactive ketones (excluding diaryl/α,β-unsaturated/α-hetero) is 1. The van der Waals surface area contributed by atoms with E-state index >= 15 is 0 Å². The summed E-state index contributed by atoms with van der Waals surface area (Å²) in [7, 11) is 0. The Hall–Kier alpha value is -4.71. The first-order valence-electron chi connectivity index (χ1n) is 11.5. The summed E-state index contributed by atoms with van der Waals surface area (Å²) < 4.78 is 11.1. The highest BCUT2D eigenvalue weighted by Gasteiger charge is 2.12. The van der Waals surface area contributed by atoms with E-state index in [0.29, 0.717) is 17.0 Å². The highest BCUT2D eigenvalue weighted by Crippen LogP contribution is 2.33. The van der Waals surface area contributed by atoms with Crippen LogP contribution in [0.3, 0.4) is 0 Å². The summed E-state index contributed by atoms with van der Waals surface area (Å²) in [4.78, 5) is 36.1. The largest absolute Gasteiger partial charge is 0.457 e. The molecule has 0 spiro atoms. The van der Waals surface area contributed by atoms with Crippen molar-refractivity contribution in [3.05, 3.63) is 115 Å². The Morgan fingerprint density at radius 1 is 0.667 bits per heavy atom. The third-order valence-corrected chi connectivity index (χ3v) is 5.35. The van der Waals surface area contributed by atoms with Gasteiger partial charge in [-0.2, -0.15) is 0 Å². The van der Waals surface area contributed by atoms with E-state index in [0.717, 1.165) is 16.9 Å². The maximum atomic E-state index is 12.2. The molecule has 180 valence electrons. The van der Waals surface area contributed by atoms with Gasteiger partial charge in [-0.3, -0.25) is 14.4 Å². The second kappa shape index (κ2) is 12.1. The number of ether oxygens (including phenoxy) is 2. The van der Waals surface area contributed by atoms with Gasteiger partial charge < -0.3 is 14.8 Å². The van der Waals surface area contributed by atoms with Gasteiger partial charge in [0, 0.05) is 23.2 Å². The van der Waals surface area contributed by atoms with Crippen molar-refractivity contribution < 1.29 is 23.9 Å². The summed E-state index contributed by atoms with van der Waals surface area (Å²) in [6, 6.07) is 33.3. The van der Waals surface area contributed by atoms with Crippen LogP contribution in [-0.4, -0.2) is 24.3 Å². The lowest BCUT2D eigenvalue weighted by Gasteiger charge is -2.12. The number of ketones is 1. The lowest BCUT2D eigenvalue weighted by Crippen LogP contribution is -2.17. The monoisotopic (exact) mass is 479 g/mol. The smallest absolute Gasteiger partial charge is 0.306 e. The van der Waals surface area contributed by atoms with Gasteiger partial charge in [-0.1, -0.05) is 78.9 Å². The summed E-state index contributed by atoms with van der Waals surface area (Å²) in [5.74, 6) is 0.134. The molecular weight excluding hydrogens is 454 g/mol. The number of hydrogen-bond donors (Lipinski definition) is 1. The molecule has 36 heavy (non-hydrogen) atoms. The van der Waals surface area contributed by atoms with Crippen molar-refractivity contribution in [1.82, 2.24) is 0 Å². The van der Waals surface area contributed by atoms with Gasteiger partial charge in [0.05, 0.1) is 6.42 Å². The number of carbonyl (C=O) groups is 3. The van der Waals surface area contributed by atoms with Crippen LogP contribution < -0.4 is 10.1 Å². The van der Waals surface area contributed by atoms with Crippen LogP contribution in [0.1, 0.15) is 23.2 Å². The van der Waals surface area contributed by atoms with Gasteiger partial charge in [-0.15, -0.1) is 0 Å². The molecule has 0 bridgehead atoms. The van der Waals surface area contributed by atoms with Gasteiger partial charge in [0.2, 0.25) is 5.91 Å². The zero-order valence-electron chi connectivity index (χ0n) is 19.6. The number of hydrogen-bond acceptors (Lipinski definition) is 5. The predicted molar refractivity (Wildman–Crippen MR) is 138 cm³/mol. The van der Waals surface area contributed by atoms with Crippen molar-refractivity contribution in [2.45, 2.75) is 12.8 Å². The molecule has 4 rings (SSSR count). The minimum Gasteiger partial charge on any atom is -0.457 e. The number of benzene rings is 4. The Labute approximate surface area is 209 Å². The molecular formula is C30H25NO5. The lowest BCUT2D eigenvalue weighted by atomic mass is 10.1. The number of carbonyl (C=O) groups excluding carboxylic acids is 3. The van der Waals surface area contributed by atoms with Gasteiger partial charge in [-0.05, 0) is 35.9 Å². The van der Waals surface area contributed by atoms with Gasteiger partial charge >= 0.3 is 5.97 Å². The predicted octanol–water partition coefficient (Wildman–Crippen LogP) is 6.29. The molecule has 4 aromatic rings. The van der Waals surface area contributed by atoms with Crippen LogP contribution in [0.4, 0.5) is 5.69 Å². The van der Waals surface area contributed by atoms with E-state index in [1.807, 2.05) is 54.6 Å². The van der Waals surface area contributed by atoms with E-state index in [1.165, 1.54) is 0 Å². The Morgan fingerprint density at radius 3 is 2.03 bits per heavy atom. The van der Waals surface area contributed by atoms with E-state index in [1.54, 1.807) is 54.6 Å². The fourth-order valence-corrected chi connectivity index (χ4v) is 3.51. The highest BCUT2D eigenvalue weighted by molar-refractivity contribution is 5.98. The topological polar surface area (TPSA) is 81.7 Å². The number of anilines is 1. The molecule has 0 atom stereocenters. The summed E-state index contributed by atoms with van der Waals surface area (Å²) in [6.07, 6.45) is -0.174. The van der Waals surface area contributed by atoms with Crippen molar-refractivity contribution in [2.75, 3.05) is 11.9 Å². The quantitative estimate of drug-likeness (QED) is 0.214. The van der Waals surface area contributed by atoms with E-state index in [9.17, 15) is 14.4 Å². The highest BCUT2D eigenvalue weighted by atomic mass is 16.5. The van der Waals surface area contributed by atoms with Gasteiger partial charge in [0.15, 0.2) is 12.4 Å². The number of para-hydroxylation sites is 1. The fraction of sp³-hybridized carbons (Fsp3) is 0.100. The standard InChI is InChI=1S/C30H25NO5/c32-27(23-11-5-2-6-12-23)21-35-30(34)20-19-29(33)31-24-15-17-25(18-16-24)36-28-14-8-7-13-26(28)22-9-3-1-4-10-22/h1-18H,19-21H2,(H,31,33). The molecule has 0 unspecified atom stereocenters. The molecule has 1 N–H and O–H groups in total. The molecule has 6 heteroatoms. The van der Waals surface area contributed by atoms with Crippen LogP contribution in [-0.2, 0) is 14.3 Å². The molecule has 1 amide bonds. The normalized spacial score (nSPS) is 10.3. The number of rotatable bonds is 10. The molecule has 6 nitrogen and oxygen atoms in total. The average Bonchev–Trinajstić information content (AvgIpc) is 2.93. The fourth-order valence-electron chi connectivity index (χ4n) is 3.51. The minimum atomic E-state index is -0.602. The first-order valence-corrected chi connectivity index (χ1v) is 11.5. The maximum absolute atomic E-state index is 12.2. The molecule has 0 radical (unpaired) electrons. The van der Waals surface area contributed by atoms with Crippen LogP contribution in [0, 0.1) is 0 Å². The summed E-state index contributed by atoms with van der Waals surface area (Å²) in [5, 5.41) is 2.75. The van der Waals surface area contributed by atoms with E-state index < -0.39 is 5.97 Å². The second-order valence-electron chi connectivity index (χ2n) is 7.99. The zero-order chi connectivity index (χ0) is 25.2. The van der Waals surface area contributed by atoms with Crippen LogP contribution in [0.25, 0.3) is 11.1 Å². The Morgan fingerprint density at radius 2 is 1.31 bits per heavy atom. The number of amides is 1.